The highest BCUT2D eigenvalue weighted by molar-refractivity contribution is 5.82. The molecule has 0 spiro atoms. The lowest BCUT2D eigenvalue weighted by atomic mass is 9.98. The third-order valence-corrected chi connectivity index (χ3v) is 5.32. The van der Waals surface area contributed by atoms with E-state index >= 15 is 0 Å². The van der Waals surface area contributed by atoms with Crippen LogP contribution in [0.5, 0.6) is 5.75 Å². The predicted molar refractivity (Wildman–Crippen MR) is 107 cm³/mol. The van der Waals surface area contributed by atoms with Crippen LogP contribution in [0.15, 0.2) is 18.2 Å². The average molecular weight is 374 g/mol. The number of likely N-dealkylation sites (N-methyl/N-ethyl adjacent to an activating group) is 2. The Morgan fingerprint density at radius 2 is 2.19 bits per heavy atom. The SMILES string of the molecule is CNCCN(C)Cc1n[nH]c2ccc(OCC3CCN(C(C)=O)CC3)cc12. The number of nitrogens with zero attached hydrogens (tertiary/aromatic N) is 3. The fraction of sp³-hybridized carbons (Fsp3) is 0.600. The van der Waals surface area contributed by atoms with Crippen LogP contribution in [-0.4, -0.2) is 72.8 Å². The van der Waals surface area contributed by atoms with Crippen LogP contribution in [0.1, 0.15) is 25.5 Å². The van der Waals surface area contributed by atoms with Gasteiger partial charge in [0.2, 0.25) is 5.91 Å². The molecule has 1 aliphatic rings. The van der Waals surface area contributed by atoms with Gasteiger partial charge in [-0.25, -0.2) is 0 Å². The second-order valence-electron chi connectivity index (χ2n) is 7.48. The van der Waals surface area contributed by atoms with Crippen molar-refractivity contribution < 1.29 is 9.53 Å². The molecule has 1 amide bonds. The van der Waals surface area contributed by atoms with E-state index in [1.165, 1.54) is 0 Å². The summed E-state index contributed by atoms with van der Waals surface area (Å²) in [6.45, 7) is 6.75. The third kappa shape index (κ3) is 5.20. The Labute approximate surface area is 161 Å². The smallest absolute Gasteiger partial charge is 0.219 e. The Balaban J connectivity index is 1.57. The number of carbonyl (C=O) groups is 1. The van der Waals surface area contributed by atoms with Crippen molar-refractivity contribution in [3.63, 3.8) is 0 Å². The minimum absolute atomic E-state index is 0.173. The zero-order chi connectivity index (χ0) is 19.2. The van der Waals surface area contributed by atoms with Crippen LogP contribution in [0, 0.1) is 5.92 Å². The topological polar surface area (TPSA) is 73.5 Å². The van der Waals surface area contributed by atoms with Crippen LogP contribution in [-0.2, 0) is 11.3 Å². The first-order valence-electron chi connectivity index (χ1n) is 9.75. The van der Waals surface area contributed by atoms with Crippen LogP contribution in [0.4, 0.5) is 0 Å². The van der Waals surface area contributed by atoms with Crippen molar-refractivity contribution in [2.24, 2.45) is 5.92 Å². The maximum Gasteiger partial charge on any atom is 0.219 e. The molecule has 2 heterocycles. The van der Waals surface area contributed by atoms with Gasteiger partial charge in [0.1, 0.15) is 5.75 Å². The molecule has 0 radical (unpaired) electrons. The first-order chi connectivity index (χ1) is 13.1. The average Bonchev–Trinajstić information content (AvgIpc) is 3.07. The highest BCUT2D eigenvalue weighted by atomic mass is 16.5. The van der Waals surface area contributed by atoms with Crippen molar-refractivity contribution in [3.8, 4) is 5.75 Å². The molecule has 0 unspecified atom stereocenters. The molecule has 7 nitrogen and oxygen atoms in total. The fourth-order valence-electron chi connectivity index (χ4n) is 3.52. The number of hydrogen-bond acceptors (Lipinski definition) is 5. The number of aromatic nitrogens is 2. The fourth-order valence-corrected chi connectivity index (χ4v) is 3.52. The molecule has 1 aliphatic heterocycles. The van der Waals surface area contributed by atoms with E-state index in [0.717, 1.165) is 67.9 Å². The summed E-state index contributed by atoms with van der Waals surface area (Å²) in [6.07, 6.45) is 2.02. The second kappa shape index (κ2) is 9.19. The zero-order valence-electron chi connectivity index (χ0n) is 16.6. The van der Waals surface area contributed by atoms with Crippen molar-refractivity contribution in [2.45, 2.75) is 26.3 Å². The van der Waals surface area contributed by atoms with Gasteiger partial charge in [0, 0.05) is 45.0 Å². The van der Waals surface area contributed by atoms with E-state index in [9.17, 15) is 4.79 Å². The number of amides is 1. The maximum atomic E-state index is 11.4. The second-order valence-corrected chi connectivity index (χ2v) is 7.48. The van der Waals surface area contributed by atoms with E-state index in [0.29, 0.717) is 12.5 Å². The molecular formula is C20H31N5O2. The molecule has 1 saturated heterocycles. The lowest BCUT2D eigenvalue weighted by Crippen LogP contribution is -2.38. The first-order valence-corrected chi connectivity index (χ1v) is 9.75. The first kappa shape index (κ1) is 19.6. The van der Waals surface area contributed by atoms with Crippen LogP contribution in [0.2, 0.25) is 0 Å². The van der Waals surface area contributed by atoms with Gasteiger partial charge in [-0.05, 0) is 51.1 Å². The van der Waals surface area contributed by atoms with E-state index in [1.807, 2.05) is 24.1 Å². The summed E-state index contributed by atoms with van der Waals surface area (Å²) in [5.41, 5.74) is 2.08. The van der Waals surface area contributed by atoms with E-state index in [2.05, 4.69) is 33.5 Å². The molecule has 3 rings (SSSR count). The zero-order valence-corrected chi connectivity index (χ0v) is 16.6. The summed E-state index contributed by atoms with van der Waals surface area (Å²) in [6, 6.07) is 6.12. The molecule has 2 aromatic rings. The highest BCUT2D eigenvalue weighted by Crippen LogP contribution is 2.25. The number of fused-ring (bicyclic) bond motifs is 1. The van der Waals surface area contributed by atoms with Crippen LogP contribution in [0.3, 0.4) is 0 Å². The van der Waals surface area contributed by atoms with Crippen molar-refractivity contribution in [2.75, 3.05) is 46.9 Å². The summed E-state index contributed by atoms with van der Waals surface area (Å²) in [7, 11) is 4.07. The Hall–Kier alpha value is -2.12. The van der Waals surface area contributed by atoms with E-state index in [-0.39, 0.29) is 5.91 Å². The van der Waals surface area contributed by atoms with Gasteiger partial charge in [-0.1, -0.05) is 0 Å². The molecule has 148 valence electrons. The van der Waals surface area contributed by atoms with E-state index in [4.69, 9.17) is 4.74 Å². The van der Waals surface area contributed by atoms with Gasteiger partial charge < -0.3 is 15.0 Å². The monoisotopic (exact) mass is 373 g/mol. The van der Waals surface area contributed by atoms with Gasteiger partial charge in [-0.15, -0.1) is 0 Å². The van der Waals surface area contributed by atoms with E-state index in [1.54, 1.807) is 6.92 Å². The third-order valence-electron chi connectivity index (χ3n) is 5.32. The molecule has 1 aromatic carbocycles. The molecular weight excluding hydrogens is 342 g/mol. The van der Waals surface area contributed by atoms with Gasteiger partial charge in [0.05, 0.1) is 17.8 Å². The van der Waals surface area contributed by atoms with Gasteiger partial charge in [-0.3, -0.25) is 14.8 Å². The lowest BCUT2D eigenvalue weighted by molar-refractivity contribution is -0.130. The normalized spacial score (nSPS) is 15.6. The Kier molecular flexibility index (Phi) is 6.68. The Morgan fingerprint density at radius 3 is 2.89 bits per heavy atom. The number of ether oxygens (including phenoxy) is 1. The number of nitrogens with one attached hydrogen (secondary N) is 2. The molecule has 1 aromatic heterocycles. The highest BCUT2D eigenvalue weighted by Gasteiger charge is 2.21. The summed E-state index contributed by atoms with van der Waals surface area (Å²) < 4.78 is 6.07. The van der Waals surface area contributed by atoms with Crippen molar-refractivity contribution >= 4 is 16.8 Å². The maximum absolute atomic E-state index is 11.4. The van der Waals surface area contributed by atoms with Gasteiger partial charge in [0.25, 0.3) is 0 Å². The number of benzene rings is 1. The van der Waals surface area contributed by atoms with Crippen molar-refractivity contribution in [1.82, 2.24) is 25.3 Å². The van der Waals surface area contributed by atoms with Crippen LogP contribution < -0.4 is 10.1 Å². The minimum Gasteiger partial charge on any atom is -0.493 e. The molecule has 0 saturated carbocycles. The van der Waals surface area contributed by atoms with Gasteiger partial charge in [0.15, 0.2) is 0 Å². The number of H-pyrrole nitrogens is 1. The standard InChI is InChI=1S/C20H31N5O2/c1-15(26)25-9-6-16(7-10-25)14-27-17-4-5-19-18(12-17)20(23-22-19)13-24(3)11-8-21-2/h4-5,12,16,21H,6-11,13-14H2,1-3H3,(H,22,23). The summed E-state index contributed by atoms with van der Waals surface area (Å²) in [5.74, 6) is 1.57. The number of piperidine rings is 1. The molecule has 27 heavy (non-hydrogen) atoms. The van der Waals surface area contributed by atoms with Crippen LogP contribution in [0.25, 0.3) is 10.9 Å². The largest absolute Gasteiger partial charge is 0.493 e. The minimum atomic E-state index is 0.173. The Morgan fingerprint density at radius 1 is 1.41 bits per heavy atom. The molecule has 2 N–H and O–H groups in total. The summed E-state index contributed by atoms with van der Waals surface area (Å²) in [4.78, 5) is 15.6. The molecule has 7 heteroatoms. The summed E-state index contributed by atoms with van der Waals surface area (Å²) >= 11 is 0. The number of rotatable bonds is 8. The quantitative estimate of drug-likeness (QED) is 0.739. The van der Waals surface area contributed by atoms with Gasteiger partial charge in [-0.2, -0.15) is 5.10 Å². The number of likely N-dealkylation sites (tertiary alicyclic amines) is 1. The number of hydrogen-bond donors (Lipinski definition) is 2. The van der Waals surface area contributed by atoms with Crippen molar-refractivity contribution in [3.05, 3.63) is 23.9 Å². The molecule has 0 aliphatic carbocycles. The van der Waals surface area contributed by atoms with Crippen LogP contribution >= 0.6 is 0 Å². The lowest BCUT2D eigenvalue weighted by Gasteiger charge is -2.31. The molecule has 0 bridgehead atoms. The van der Waals surface area contributed by atoms with Gasteiger partial charge >= 0.3 is 0 Å². The number of aromatic amines is 1. The number of carbonyl (C=O) groups excluding carboxylic acids is 1. The Bertz CT molecular complexity index is 752. The predicted octanol–water partition coefficient (Wildman–Crippen LogP) is 1.85. The van der Waals surface area contributed by atoms with E-state index < -0.39 is 0 Å². The molecule has 1 fully saturated rings. The van der Waals surface area contributed by atoms with Crippen molar-refractivity contribution in [1.29, 1.82) is 0 Å². The molecule has 0 atom stereocenters. The summed E-state index contributed by atoms with van der Waals surface area (Å²) in [5, 5.41) is 11.9.